The highest BCUT2D eigenvalue weighted by atomic mass is 32.3. The van der Waals surface area contributed by atoms with E-state index in [2.05, 4.69) is 45.8 Å². The fourth-order valence-electron chi connectivity index (χ4n) is 17.0. The lowest BCUT2D eigenvalue weighted by Gasteiger charge is -2.52. The molecule has 2 aromatic carbocycles. The molecule has 27 atom stereocenters. The number of carbonyl (C=O) groups is 6. The second-order valence-corrected chi connectivity index (χ2v) is 41.3. The van der Waals surface area contributed by atoms with Crippen molar-refractivity contribution in [2.45, 2.75) is 243 Å². The Kier molecular flexibility index (Phi) is 49.2. The first-order chi connectivity index (χ1) is 69.9. The minimum absolute atomic E-state index is 0.000398. The van der Waals surface area contributed by atoms with Crippen LogP contribution in [-0.2, 0) is 232 Å². The first-order valence-electron chi connectivity index (χ1n) is 44.9. The van der Waals surface area contributed by atoms with Gasteiger partial charge in [-0.05, 0) is 87.3 Å². The summed E-state index contributed by atoms with van der Waals surface area (Å²) in [6.45, 7) is 1.96. The van der Waals surface area contributed by atoms with Crippen molar-refractivity contribution < 1.29 is 255 Å². The number of carboxylic acids is 2. The van der Waals surface area contributed by atoms with E-state index < -0.39 is 306 Å². The highest BCUT2D eigenvalue weighted by molar-refractivity contribution is 7.89. The molecule has 149 heavy (non-hydrogen) atoms. The van der Waals surface area contributed by atoms with Gasteiger partial charge in [0.2, 0.25) is 96.0 Å². The summed E-state index contributed by atoms with van der Waals surface area (Å²) in [5.41, 5.74) is 2.70. The second kappa shape index (κ2) is 57.6. The van der Waals surface area contributed by atoms with Crippen LogP contribution in [0.25, 0.3) is 0 Å². The van der Waals surface area contributed by atoms with Crippen molar-refractivity contribution in [2.24, 2.45) is 0 Å². The highest BCUT2D eigenvalue weighted by Crippen LogP contribution is 2.42. The number of aryl methyl sites for hydroxylation is 1. The molecule has 0 spiro atoms. The number of aliphatic carboxylic acids is 2. The van der Waals surface area contributed by atoms with Gasteiger partial charge < -0.3 is 178 Å². The molecule has 0 aliphatic carbocycles. The maximum absolute atomic E-state index is 14.5. The van der Waals surface area contributed by atoms with Crippen LogP contribution in [0.1, 0.15) is 73.3 Å². The molecule has 0 bridgehead atoms. The minimum Gasteiger partial charge on any atom is -0.726 e. The van der Waals surface area contributed by atoms with Gasteiger partial charge in [-0.15, -0.1) is 0 Å². The van der Waals surface area contributed by atoms with Crippen LogP contribution in [0.5, 0.6) is 5.75 Å². The Bertz CT molecular complexity index is 5590. The molecule has 2 unspecified atom stereocenters. The highest BCUT2D eigenvalue weighted by Gasteiger charge is 2.61. The summed E-state index contributed by atoms with van der Waals surface area (Å²) in [5, 5.41) is 42.9. The maximum atomic E-state index is 14.5. The van der Waals surface area contributed by atoms with Gasteiger partial charge in [0.1, 0.15) is 128 Å². The summed E-state index contributed by atoms with van der Waals surface area (Å²) >= 11 is 0. The number of ether oxygens (including phenoxy) is 22. The number of benzene rings is 2. The lowest BCUT2D eigenvalue weighted by atomic mass is 9.94. The summed E-state index contributed by atoms with van der Waals surface area (Å²) in [5.74, 6) is -6.94. The standard InChI is InChI=1S/C80H126N6O56S7/c1-40-34-48(115-5)41(2)42(3)71(40)143(95,96)85-46(72(89)84-47(73(90)86-25-15-14-16-26-86)35-44-19-21-45(22-20-44)43(4)81)36-53(88)82-23-17-18-52(87)83-24-27-124-28-29-125-30-31-126-32-33-127-54-49(37-128-144(97,98)99)132-77(66(120-10)57(54)116-6)136-61-59(118-8)68(122-12)79(139-64(61)74(91)92)135-56-51(39-130-146(103,104)105)133-80(70(142-149(112,113)114)63(56)140-147(106,107)108)137-62-60(119-9)67(121-11)78(138-65(62)75(93)94)134-55-50(38-129-145(100,101)102)131-76(123-13)69(58(55)117-7)141-148(109,110)111/h19-22,34,46-47,49-51,54-70,76-81,85H,14-18,23-33,35-39H2,1-13H3,(H,82,88)(H,83,87)(H,84,89)(H,91,92)(H,93,94)(H,97,98,99)(H,100,101,102)(H,103,104,105)(H,106,107,108)(H,109,110,111)(H,112,113,114)/p-8/t46?,47?,49-,50-,51-,54-,55-,56-,57+,58+,59+,60+,61+,62+,63+,64+,65-,66-,67-,68-,69-,70-,76+,77-,78-,79-,80-/m1/s1. The third-order valence-electron chi connectivity index (χ3n) is 23.7. The Morgan fingerprint density at radius 1 is 0.436 bits per heavy atom. The quantitative estimate of drug-likeness (QED) is 0.0178. The Balaban J connectivity index is 0.876. The van der Waals surface area contributed by atoms with Gasteiger partial charge in [-0.3, -0.25) is 44.3 Å². The largest absolute Gasteiger partial charge is 0.726 e. The molecule has 0 aromatic heterocycles. The lowest BCUT2D eigenvalue weighted by Crippen LogP contribution is -2.70. The van der Waals surface area contributed by atoms with Gasteiger partial charge in [-0.1, -0.05) is 24.3 Å². The van der Waals surface area contributed by atoms with Gasteiger partial charge in [-0.2, -0.15) is 4.72 Å². The van der Waals surface area contributed by atoms with E-state index in [1.807, 2.05) is 0 Å². The van der Waals surface area contributed by atoms with Crippen LogP contribution in [0.15, 0.2) is 35.2 Å². The van der Waals surface area contributed by atoms with E-state index >= 15 is 0 Å². The van der Waals surface area contributed by atoms with E-state index in [1.165, 1.54) is 13.2 Å². The Morgan fingerprint density at radius 2 is 0.832 bits per heavy atom. The fraction of sp³-hybridized carbons (Fsp3) is 0.762. The fourth-order valence-corrected chi connectivity index (χ4v) is 21.1. The zero-order valence-electron chi connectivity index (χ0n) is 82.0. The molecule has 0 radical (unpaired) electrons. The predicted octanol–water partition coefficient (Wildman–Crippen LogP) is -9.38. The monoisotopic (exact) mass is 2280 g/mol. The normalized spacial score (nSPS) is 29.0. The maximum Gasteiger partial charge on any atom is 0.245 e. The third kappa shape index (κ3) is 37.9. The van der Waals surface area contributed by atoms with Crippen LogP contribution in [0.2, 0.25) is 0 Å². The summed E-state index contributed by atoms with van der Waals surface area (Å²) in [6.07, 6.45) is -57.4. The van der Waals surface area contributed by atoms with Crippen LogP contribution >= 0.6 is 0 Å². The van der Waals surface area contributed by atoms with Crippen LogP contribution in [-0.4, -0.2) is 454 Å². The van der Waals surface area contributed by atoms with Gasteiger partial charge in [0.25, 0.3) is 0 Å². The molecule has 6 fully saturated rings. The number of nitrogens with one attached hydrogen (secondary N) is 5. The van der Waals surface area contributed by atoms with Crippen molar-refractivity contribution in [3.05, 3.63) is 58.1 Å². The molecule has 5 N–H and O–H groups in total. The lowest BCUT2D eigenvalue weighted by molar-refractivity contribution is -0.401. The molecule has 62 nitrogen and oxygen atoms in total. The third-order valence-corrected chi connectivity index (χ3v) is 28.1. The van der Waals surface area contributed by atoms with Crippen molar-refractivity contribution in [2.75, 3.05) is 156 Å². The second-order valence-electron chi connectivity index (χ2n) is 33.4. The number of hydrogen-bond acceptors (Lipinski definition) is 57. The number of amides is 4. The van der Waals surface area contributed by atoms with Gasteiger partial charge in [0.05, 0.1) is 96.4 Å². The molecule has 854 valence electrons. The van der Waals surface area contributed by atoms with E-state index in [1.54, 1.807) is 56.9 Å². The van der Waals surface area contributed by atoms with Gasteiger partial charge in [0.15, 0.2) is 43.7 Å². The van der Waals surface area contributed by atoms with E-state index in [4.69, 9.17) is 110 Å². The van der Waals surface area contributed by atoms with E-state index in [-0.39, 0.29) is 82.5 Å². The number of methoxy groups -OCH3 is 9. The zero-order chi connectivity index (χ0) is 111. The molecule has 6 aliphatic rings. The topological polar surface area (TPSA) is 860 Å². The minimum atomic E-state index is -6.53. The van der Waals surface area contributed by atoms with Crippen molar-refractivity contribution in [3.63, 3.8) is 0 Å². The number of rotatable bonds is 62. The van der Waals surface area contributed by atoms with Crippen LogP contribution < -0.4 is 35.6 Å². The number of nitrogens with zero attached hydrogens (tertiary/aromatic N) is 1. The predicted molar refractivity (Wildman–Crippen MR) is 474 cm³/mol. The number of hydrogen-bond donors (Lipinski definition) is 5. The number of piperidine rings is 1. The Morgan fingerprint density at radius 3 is 1.27 bits per heavy atom. The molecule has 6 heterocycles. The molecular formula is C80H118N6O56S7-8. The number of likely N-dealkylation sites (tertiary alicyclic amines) is 1. The van der Waals surface area contributed by atoms with Crippen molar-refractivity contribution in [1.82, 2.24) is 25.6 Å². The summed E-state index contributed by atoms with van der Waals surface area (Å²) in [7, 11) is -32.5. The molecule has 6 aliphatic heterocycles. The Hall–Kier alpha value is -6.98. The molecular weight excluding hydrogens is 2170 g/mol. The average molecular weight is 2280 g/mol. The van der Waals surface area contributed by atoms with E-state index in [0.29, 0.717) is 46.8 Å². The Labute approximate surface area is 857 Å². The van der Waals surface area contributed by atoms with Crippen molar-refractivity contribution >= 4 is 114 Å². The number of carbonyl (C=O) groups excluding carboxylic acids is 6. The molecule has 6 saturated heterocycles. The van der Waals surface area contributed by atoms with Crippen molar-refractivity contribution in [3.8, 4) is 5.75 Å². The number of sulfonamides is 1. The summed E-state index contributed by atoms with van der Waals surface area (Å²) < 4.78 is 405. The van der Waals surface area contributed by atoms with Gasteiger partial charge in [0, 0.05) is 102 Å². The van der Waals surface area contributed by atoms with Crippen LogP contribution in [0.3, 0.4) is 0 Å². The first kappa shape index (κ1) is 127. The van der Waals surface area contributed by atoms with Gasteiger partial charge >= 0.3 is 0 Å². The summed E-state index contributed by atoms with van der Waals surface area (Å²) in [6, 6.07) is 5.45. The van der Waals surface area contributed by atoms with Crippen LogP contribution in [0.4, 0.5) is 0 Å². The molecule has 4 amide bonds. The van der Waals surface area contributed by atoms with Crippen molar-refractivity contribution in [1.29, 1.82) is 5.41 Å². The molecule has 8 rings (SSSR count). The molecule has 2 aromatic rings. The number of carboxylic acid groups (broad SMARTS) is 2. The smallest absolute Gasteiger partial charge is 0.245 e. The zero-order valence-corrected chi connectivity index (χ0v) is 87.7. The van der Waals surface area contributed by atoms with Crippen LogP contribution in [0, 0.1) is 26.2 Å². The SMILES string of the molecule is COc1cc(C)c(S(=O)(=O)NC(CC(=O)NCCCC(=O)NCCOCCOCCOCCO[C@H]2[C@H](OC)[C@@H](OC)[C@@H](O[C@H]3[C@H](OC)[C@@H](OC)[C@H](O[C@H]4[C@H](OS(=O)(=O)[O-])[C@@H](OS(=O)(=O)[O-])[C@@H](O[C@H]5[C@H](OC)[C@@H](OC)[C@H](O[C@H]6[C@H](OC)[C@@H](OS(=O)(=O)[O-])[C@@H](OC)O[C@@H]6COS(=O)(=O)[O-])O[C@H]5C(=O)[O-])O[C@@H]4COS(=O)(=O)[O-])O[C@@H]3C(=O)[O-])O[C@@H]2COS(=O)(=O)[O-])C(=O)NC(Cc2ccc(C(C)=N)cc2)C(=O)N2CCCCC2)c(C)c1C. The van der Waals surface area contributed by atoms with E-state index in [0.717, 1.165) is 76.1 Å². The molecule has 69 heteroatoms. The molecule has 0 saturated carbocycles. The van der Waals surface area contributed by atoms with Gasteiger partial charge in [-0.25, -0.2) is 58.9 Å². The van der Waals surface area contributed by atoms with E-state index in [9.17, 15) is 125 Å². The first-order valence-corrected chi connectivity index (χ1v) is 54.4. The summed E-state index contributed by atoms with van der Waals surface area (Å²) in [4.78, 5) is 83.6. The average Bonchev–Trinajstić information content (AvgIpc) is 0.748.